The van der Waals surface area contributed by atoms with Gasteiger partial charge < -0.3 is 15.0 Å². The van der Waals surface area contributed by atoms with Crippen LogP contribution in [0.5, 0.6) is 5.75 Å². The quantitative estimate of drug-likeness (QED) is 0.166. The number of halogens is 2. The van der Waals surface area contributed by atoms with E-state index in [9.17, 15) is 18.0 Å². The fourth-order valence-electron chi connectivity index (χ4n) is 4.97. The lowest BCUT2D eigenvalue weighted by Crippen LogP contribution is -2.56. The summed E-state index contributed by atoms with van der Waals surface area (Å²) in [4.78, 5) is 30.1. The third-order valence-corrected chi connectivity index (χ3v) is 9.96. The Bertz CT molecular complexity index is 1800. The van der Waals surface area contributed by atoms with Crippen molar-refractivity contribution >= 4 is 55.1 Å². The van der Waals surface area contributed by atoms with Gasteiger partial charge in [-0.05, 0) is 81.3 Å². The number of rotatable bonds is 12. The van der Waals surface area contributed by atoms with E-state index in [2.05, 4.69) is 21.2 Å². The number of hydrogen-bond donors (Lipinski definition) is 1. The van der Waals surface area contributed by atoms with Crippen molar-refractivity contribution < 1.29 is 22.7 Å². The summed E-state index contributed by atoms with van der Waals surface area (Å²) in [6, 6.07) is 26.8. The van der Waals surface area contributed by atoms with E-state index < -0.39 is 34.1 Å². The highest BCUT2D eigenvalue weighted by molar-refractivity contribution is 9.10. The van der Waals surface area contributed by atoms with Gasteiger partial charge in [-0.2, -0.15) is 0 Å². The van der Waals surface area contributed by atoms with Gasteiger partial charge in [0.25, 0.3) is 10.0 Å². The van der Waals surface area contributed by atoms with Gasteiger partial charge in [0.15, 0.2) is 0 Å². The Morgan fingerprint density at radius 2 is 1.55 bits per heavy atom. The zero-order valence-electron chi connectivity index (χ0n) is 27.0. The molecule has 248 valence electrons. The molecule has 0 fully saturated rings. The van der Waals surface area contributed by atoms with Crippen LogP contribution >= 0.6 is 27.5 Å². The van der Waals surface area contributed by atoms with Crippen molar-refractivity contribution in [2.45, 2.75) is 57.1 Å². The number of hydrogen-bond acceptors (Lipinski definition) is 5. The Kier molecular flexibility index (Phi) is 11.8. The Balaban J connectivity index is 1.84. The van der Waals surface area contributed by atoms with Gasteiger partial charge in [-0.3, -0.25) is 13.9 Å². The number of carbonyl (C=O) groups excluding carboxylic acids is 2. The Morgan fingerprint density at radius 3 is 2.13 bits per heavy atom. The molecule has 4 aromatic rings. The van der Waals surface area contributed by atoms with Gasteiger partial charge >= 0.3 is 0 Å². The Morgan fingerprint density at radius 1 is 0.915 bits per heavy atom. The molecule has 1 atom stereocenters. The van der Waals surface area contributed by atoms with E-state index in [4.69, 9.17) is 16.3 Å². The molecule has 11 heteroatoms. The van der Waals surface area contributed by atoms with E-state index in [0.29, 0.717) is 5.75 Å². The molecule has 47 heavy (non-hydrogen) atoms. The third kappa shape index (κ3) is 9.59. The van der Waals surface area contributed by atoms with E-state index in [1.165, 1.54) is 36.3 Å². The molecule has 0 saturated carbocycles. The highest BCUT2D eigenvalue weighted by atomic mass is 79.9. The lowest BCUT2D eigenvalue weighted by Gasteiger charge is -2.35. The van der Waals surface area contributed by atoms with Crippen LogP contribution in [0.2, 0.25) is 5.02 Å². The molecular weight excluding hydrogens is 702 g/mol. The number of amides is 2. The van der Waals surface area contributed by atoms with Crippen LogP contribution in [0.4, 0.5) is 5.69 Å². The van der Waals surface area contributed by atoms with Crippen molar-refractivity contribution in [1.82, 2.24) is 10.2 Å². The first-order valence-corrected chi connectivity index (χ1v) is 17.6. The minimum absolute atomic E-state index is 0.00797. The summed E-state index contributed by atoms with van der Waals surface area (Å²) in [5.41, 5.74) is 2.09. The highest BCUT2D eigenvalue weighted by Gasteiger charge is 2.35. The Hall–Kier alpha value is -3.86. The molecule has 4 rings (SSSR count). The monoisotopic (exact) mass is 739 g/mol. The summed E-state index contributed by atoms with van der Waals surface area (Å²) in [5.74, 6) is -0.569. The highest BCUT2D eigenvalue weighted by Crippen LogP contribution is 2.32. The van der Waals surface area contributed by atoms with Crippen LogP contribution in [0.1, 0.15) is 37.5 Å². The molecule has 0 aliphatic heterocycles. The molecule has 1 N–H and O–H groups in total. The van der Waals surface area contributed by atoms with Crippen molar-refractivity contribution in [3.8, 4) is 5.75 Å². The van der Waals surface area contributed by atoms with Crippen LogP contribution in [0.15, 0.2) is 106 Å². The predicted molar refractivity (Wildman–Crippen MR) is 190 cm³/mol. The van der Waals surface area contributed by atoms with Gasteiger partial charge in [0, 0.05) is 23.0 Å². The van der Waals surface area contributed by atoms with Crippen LogP contribution in [0.25, 0.3) is 0 Å². The molecule has 4 aromatic carbocycles. The van der Waals surface area contributed by atoms with Crippen LogP contribution in [-0.2, 0) is 32.6 Å². The molecule has 2 amide bonds. The maximum absolute atomic E-state index is 14.6. The standard InChI is InChI=1S/C36H39BrClN3O5S/c1-25-11-18-30(19-12-25)47(44,45)41(29-17-20-33(46-5)31(38)22-29)24-34(42)40(23-27-13-15-28(37)16-14-27)32(35(43)39-36(2,3)4)21-26-9-7-6-8-10-26/h6-20,22,32H,21,23-24H2,1-5H3,(H,39,43)/t32-/m1/s1. The summed E-state index contributed by atoms with van der Waals surface area (Å²) in [6.45, 7) is 6.93. The first-order chi connectivity index (χ1) is 22.2. The molecule has 0 aliphatic carbocycles. The lowest BCUT2D eigenvalue weighted by atomic mass is 10.0. The normalized spacial score (nSPS) is 12.2. The second-order valence-electron chi connectivity index (χ2n) is 12.2. The zero-order chi connectivity index (χ0) is 34.4. The summed E-state index contributed by atoms with van der Waals surface area (Å²) >= 11 is 9.91. The second-order valence-corrected chi connectivity index (χ2v) is 15.4. The first kappa shape index (κ1) is 36.0. The average Bonchev–Trinajstić information content (AvgIpc) is 3.02. The van der Waals surface area contributed by atoms with Crippen molar-refractivity contribution in [3.05, 3.63) is 123 Å². The van der Waals surface area contributed by atoms with E-state index >= 15 is 0 Å². The molecule has 0 spiro atoms. The van der Waals surface area contributed by atoms with E-state index in [1.54, 1.807) is 18.2 Å². The van der Waals surface area contributed by atoms with E-state index in [1.807, 2.05) is 82.3 Å². The van der Waals surface area contributed by atoms with Gasteiger partial charge in [-0.1, -0.05) is 87.7 Å². The maximum Gasteiger partial charge on any atom is 0.264 e. The number of ether oxygens (including phenoxy) is 1. The molecule has 0 heterocycles. The first-order valence-electron chi connectivity index (χ1n) is 15.0. The number of nitrogens with zero attached hydrogens (tertiary/aromatic N) is 2. The van der Waals surface area contributed by atoms with Crippen LogP contribution in [-0.4, -0.2) is 50.4 Å². The number of sulfonamides is 1. The summed E-state index contributed by atoms with van der Waals surface area (Å²) in [5, 5.41) is 3.21. The molecule has 0 aromatic heterocycles. The van der Waals surface area contributed by atoms with Crippen LogP contribution in [0.3, 0.4) is 0 Å². The summed E-state index contributed by atoms with van der Waals surface area (Å²) in [6.07, 6.45) is 0.212. The fourth-order valence-corrected chi connectivity index (χ4v) is 6.89. The van der Waals surface area contributed by atoms with E-state index in [-0.39, 0.29) is 34.5 Å². The average molecular weight is 741 g/mol. The van der Waals surface area contributed by atoms with Crippen molar-refractivity contribution in [2.24, 2.45) is 0 Å². The van der Waals surface area contributed by atoms with Gasteiger partial charge in [-0.25, -0.2) is 8.42 Å². The minimum Gasteiger partial charge on any atom is -0.495 e. The smallest absolute Gasteiger partial charge is 0.264 e. The topological polar surface area (TPSA) is 96.0 Å². The molecule has 0 radical (unpaired) electrons. The van der Waals surface area contributed by atoms with Gasteiger partial charge in [0.05, 0.1) is 22.7 Å². The number of methoxy groups -OCH3 is 1. The molecule has 0 unspecified atom stereocenters. The Labute approximate surface area is 290 Å². The number of nitrogens with one attached hydrogen (secondary N) is 1. The largest absolute Gasteiger partial charge is 0.495 e. The van der Waals surface area contributed by atoms with Gasteiger partial charge in [0.2, 0.25) is 11.8 Å². The zero-order valence-corrected chi connectivity index (χ0v) is 30.2. The minimum atomic E-state index is -4.27. The third-order valence-electron chi connectivity index (χ3n) is 7.35. The SMILES string of the molecule is COc1ccc(N(CC(=O)N(Cc2ccc(Br)cc2)[C@H](Cc2ccccc2)C(=O)NC(C)(C)C)S(=O)(=O)c2ccc(C)cc2)cc1Cl. The number of benzene rings is 4. The number of aryl methyl sites for hydroxylation is 1. The summed E-state index contributed by atoms with van der Waals surface area (Å²) < 4.78 is 35.7. The number of carbonyl (C=O) groups is 2. The predicted octanol–water partition coefficient (Wildman–Crippen LogP) is 7.17. The molecule has 8 nitrogen and oxygen atoms in total. The lowest BCUT2D eigenvalue weighted by molar-refractivity contribution is -0.140. The maximum atomic E-state index is 14.6. The molecular formula is C36H39BrClN3O5S. The summed E-state index contributed by atoms with van der Waals surface area (Å²) in [7, 11) is -2.81. The molecule has 0 bridgehead atoms. The van der Waals surface area contributed by atoms with Crippen LogP contribution < -0.4 is 14.4 Å². The van der Waals surface area contributed by atoms with Gasteiger partial charge in [0.1, 0.15) is 18.3 Å². The second kappa shape index (κ2) is 15.4. The number of anilines is 1. The molecule has 0 saturated heterocycles. The van der Waals surface area contributed by atoms with Crippen molar-refractivity contribution in [3.63, 3.8) is 0 Å². The van der Waals surface area contributed by atoms with Crippen LogP contribution in [0, 0.1) is 6.92 Å². The van der Waals surface area contributed by atoms with Crippen molar-refractivity contribution in [2.75, 3.05) is 18.0 Å². The van der Waals surface area contributed by atoms with Gasteiger partial charge in [-0.15, -0.1) is 0 Å². The fraction of sp³-hybridized carbons (Fsp3) is 0.278. The molecule has 0 aliphatic rings. The van der Waals surface area contributed by atoms with Crippen molar-refractivity contribution in [1.29, 1.82) is 0 Å². The van der Waals surface area contributed by atoms with E-state index in [0.717, 1.165) is 25.5 Å².